The average molecular weight is 340 g/mol. The zero-order valence-electron chi connectivity index (χ0n) is 14.5. The van der Waals surface area contributed by atoms with Gasteiger partial charge in [-0.05, 0) is 30.4 Å². The van der Waals surface area contributed by atoms with E-state index in [9.17, 15) is 0 Å². The first kappa shape index (κ1) is 16.0. The van der Waals surface area contributed by atoms with E-state index in [1.54, 1.807) is 5.56 Å². The van der Waals surface area contributed by atoms with Crippen LogP contribution < -0.4 is 4.90 Å². The highest BCUT2D eigenvalue weighted by Crippen LogP contribution is 2.41. The van der Waals surface area contributed by atoms with Crippen molar-refractivity contribution >= 4 is 17.4 Å². The number of para-hydroxylation sites is 1. The molecule has 0 N–H and O–H groups in total. The second-order valence-electron chi connectivity index (χ2n) is 7.29. The highest BCUT2D eigenvalue weighted by Gasteiger charge is 2.38. The van der Waals surface area contributed by atoms with Gasteiger partial charge in [-0.3, -0.25) is 0 Å². The van der Waals surface area contributed by atoms with Crippen LogP contribution in [-0.4, -0.2) is 43.5 Å². The van der Waals surface area contributed by atoms with E-state index in [-0.39, 0.29) is 0 Å². The normalized spacial score (nSPS) is 23.4. The molecule has 2 aromatic rings. The highest BCUT2D eigenvalue weighted by molar-refractivity contribution is 7.99. The summed E-state index contributed by atoms with van der Waals surface area (Å²) >= 11 is 2.05. The van der Waals surface area contributed by atoms with Crippen LogP contribution in [0.1, 0.15) is 24.4 Å². The largest absolute Gasteiger partial charge is 0.360 e. The lowest BCUT2D eigenvalue weighted by molar-refractivity contribution is -0.940. The van der Waals surface area contributed by atoms with Crippen molar-refractivity contribution in [3.63, 3.8) is 0 Å². The molecule has 2 aromatic carbocycles. The zero-order chi connectivity index (χ0) is 16.4. The standard InChI is InChI=1S/C21H27N2S/c1-23(15-13-22(14-16-23)18-8-3-2-4-9-18)20-11-7-17-24-21-12-6-5-10-19(20)21/h2-6,8-10,12,20H,7,11,13-17H2,1H3/q+1/t20-/m1/s1. The Labute approximate surface area is 150 Å². The zero-order valence-corrected chi connectivity index (χ0v) is 15.3. The Morgan fingerprint density at radius 2 is 1.67 bits per heavy atom. The molecule has 0 aromatic heterocycles. The van der Waals surface area contributed by atoms with Crippen LogP contribution in [0.3, 0.4) is 0 Å². The number of hydrogen-bond acceptors (Lipinski definition) is 2. The molecule has 4 rings (SSSR count). The Morgan fingerprint density at radius 1 is 0.958 bits per heavy atom. The van der Waals surface area contributed by atoms with E-state index in [1.807, 2.05) is 0 Å². The third-order valence-electron chi connectivity index (χ3n) is 5.79. The summed E-state index contributed by atoms with van der Waals surface area (Å²) in [6.45, 7) is 4.79. The van der Waals surface area contributed by atoms with Crippen LogP contribution in [0.25, 0.3) is 0 Å². The smallest absolute Gasteiger partial charge is 0.116 e. The van der Waals surface area contributed by atoms with Gasteiger partial charge in [0.1, 0.15) is 6.04 Å². The van der Waals surface area contributed by atoms with Crippen LogP contribution in [0.2, 0.25) is 0 Å². The van der Waals surface area contributed by atoms with Gasteiger partial charge < -0.3 is 9.38 Å². The molecule has 0 amide bonds. The fourth-order valence-electron chi connectivity index (χ4n) is 4.28. The summed E-state index contributed by atoms with van der Waals surface area (Å²) in [6, 6.07) is 20.7. The second kappa shape index (κ2) is 6.81. The molecular weight excluding hydrogens is 312 g/mol. The maximum Gasteiger partial charge on any atom is 0.116 e. The lowest BCUT2D eigenvalue weighted by atomic mass is 9.97. The van der Waals surface area contributed by atoms with Gasteiger partial charge in [-0.15, -0.1) is 11.8 Å². The van der Waals surface area contributed by atoms with Gasteiger partial charge in [0.25, 0.3) is 0 Å². The van der Waals surface area contributed by atoms with Crippen LogP contribution in [-0.2, 0) is 0 Å². The van der Waals surface area contributed by atoms with Crippen LogP contribution in [0.15, 0.2) is 59.5 Å². The van der Waals surface area contributed by atoms with Gasteiger partial charge >= 0.3 is 0 Å². The lowest BCUT2D eigenvalue weighted by Gasteiger charge is -2.47. The summed E-state index contributed by atoms with van der Waals surface area (Å²) in [7, 11) is 2.49. The number of quaternary nitrogens is 1. The minimum atomic E-state index is 0.661. The van der Waals surface area contributed by atoms with E-state index in [4.69, 9.17) is 0 Å². The first-order valence-electron chi connectivity index (χ1n) is 9.12. The van der Waals surface area contributed by atoms with Gasteiger partial charge in [0, 0.05) is 22.6 Å². The van der Waals surface area contributed by atoms with Crippen LogP contribution in [0.5, 0.6) is 0 Å². The average Bonchev–Trinajstić information content (AvgIpc) is 2.86. The summed E-state index contributed by atoms with van der Waals surface area (Å²) in [5.41, 5.74) is 2.97. The topological polar surface area (TPSA) is 3.24 Å². The second-order valence-corrected chi connectivity index (χ2v) is 8.43. The molecule has 2 aliphatic rings. The fraction of sp³-hybridized carbons (Fsp3) is 0.429. The number of fused-ring (bicyclic) bond motifs is 1. The number of thioether (sulfide) groups is 1. The summed E-state index contributed by atoms with van der Waals surface area (Å²) in [5.74, 6) is 1.27. The van der Waals surface area contributed by atoms with Crippen LogP contribution in [0.4, 0.5) is 5.69 Å². The molecule has 0 saturated carbocycles. The number of benzene rings is 2. The Bertz CT molecular complexity index is 677. The number of rotatable bonds is 2. The molecule has 1 atom stereocenters. The van der Waals surface area contributed by atoms with Crippen molar-refractivity contribution in [2.75, 3.05) is 43.9 Å². The lowest BCUT2D eigenvalue weighted by Crippen LogP contribution is -2.58. The minimum Gasteiger partial charge on any atom is -0.360 e. The molecule has 0 radical (unpaired) electrons. The molecule has 0 spiro atoms. The number of anilines is 1. The van der Waals surface area contributed by atoms with Gasteiger partial charge in [-0.1, -0.05) is 36.4 Å². The molecule has 0 aliphatic carbocycles. The molecule has 1 fully saturated rings. The minimum absolute atomic E-state index is 0.661. The highest BCUT2D eigenvalue weighted by atomic mass is 32.2. The molecule has 2 heterocycles. The van der Waals surface area contributed by atoms with Gasteiger partial charge in [-0.2, -0.15) is 0 Å². The molecule has 1 saturated heterocycles. The van der Waals surface area contributed by atoms with E-state index < -0.39 is 0 Å². The molecule has 0 bridgehead atoms. The summed E-state index contributed by atoms with van der Waals surface area (Å²) in [6.07, 6.45) is 2.66. The molecule has 126 valence electrons. The summed E-state index contributed by atoms with van der Waals surface area (Å²) in [4.78, 5) is 4.07. The Hall–Kier alpha value is -1.45. The quantitative estimate of drug-likeness (QED) is 0.737. The maximum atomic E-state index is 2.55. The number of piperazine rings is 1. The maximum absolute atomic E-state index is 2.55. The van der Waals surface area contributed by atoms with E-state index in [2.05, 4.69) is 78.3 Å². The van der Waals surface area contributed by atoms with Crippen molar-refractivity contribution in [1.82, 2.24) is 0 Å². The van der Waals surface area contributed by atoms with E-state index in [1.165, 1.54) is 46.7 Å². The Kier molecular flexibility index (Phi) is 4.55. The molecule has 3 heteroatoms. The van der Waals surface area contributed by atoms with Crippen molar-refractivity contribution in [2.24, 2.45) is 0 Å². The predicted octanol–water partition coefficient (Wildman–Crippen LogP) is 4.58. The molecule has 2 nitrogen and oxygen atoms in total. The van der Waals surface area contributed by atoms with Crippen molar-refractivity contribution in [2.45, 2.75) is 23.8 Å². The van der Waals surface area contributed by atoms with Gasteiger partial charge in [-0.25, -0.2) is 0 Å². The SMILES string of the molecule is C[N+]1([C@@H]2CCCSc3ccccc32)CCN(c2ccccc2)CC1. The number of hydrogen-bond donors (Lipinski definition) is 0. The van der Waals surface area contributed by atoms with E-state index in [0.717, 1.165) is 13.1 Å². The van der Waals surface area contributed by atoms with Crippen molar-refractivity contribution < 1.29 is 4.48 Å². The molecule has 2 aliphatic heterocycles. The fourth-order valence-corrected chi connectivity index (χ4v) is 5.36. The van der Waals surface area contributed by atoms with Gasteiger partial charge in [0.2, 0.25) is 0 Å². The Balaban J connectivity index is 1.55. The first-order valence-corrected chi connectivity index (χ1v) is 10.1. The third kappa shape index (κ3) is 3.07. The predicted molar refractivity (Wildman–Crippen MR) is 104 cm³/mol. The van der Waals surface area contributed by atoms with Crippen LogP contribution >= 0.6 is 11.8 Å². The molecule has 0 unspecified atom stereocenters. The van der Waals surface area contributed by atoms with Gasteiger partial charge in [0.15, 0.2) is 0 Å². The summed E-state index contributed by atoms with van der Waals surface area (Å²) < 4.78 is 1.20. The van der Waals surface area contributed by atoms with Gasteiger partial charge in [0.05, 0.1) is 33.2 Å². The Morgan fingerprint density at radius 3 is 2.46 bits per heavy atom. The van der Waals surface area contributed by atoms with Crippen molar-refractivity contribution in [3.05, 3.63) is 60.2 Å². The van der Waals surface area contributed by atoms with E-state index >= 15 is 0 Å². The van der Waals surface area contributed by atoms with Crippen LogP contribution in [0, 0.1) is 0 Å². The number of likely N-dealkylation sites (N-methyl/N-ethyl adjacent to an activating group) is 1. The first-order chi connectivity index (χ1) is 11.8. The monoisotopic (exact) mass is 339 g/mol. The van der Waals surface area contributed by atoms with Crippen molar-refractivity contribution in [3.8, 4) is 0 Å². The molecule has 24 heavy (non-hydrogen) atoms. The number of nitrogens with zero attached hydrogens (tertiary/aromatic N) is 2. The van der Waals surface area contributed by atoms with Crippen molar-refractivity contribution in [1.29, 1.82) is 0 Å². The molecular formula is C21H27N2S+. The summed E-state index contributed by atoms with van der Waals surface area (Å²) in [5, 5.41) is 0. The van der Waals surface area contributed by atoms with E-state index in [0.29, 0.717) is 6.04 Å². The third-order valence-corrected chi connectivity index (χ3v) is 6.97.